The molecule has 1 fully saturated rings. The van der Waals surface area contributed by atoms with Gasteiger partial charge in [-0.25, -0.2) is 4.79 Å². The minimum Gasteiger partial charge on any atom is -0.483 e. The summed E-state index contributed by atoms with van der Waals surface area (Å²) in [7, 11) is 0. The van der Waals surface area contributed by atoms with Crippen molar-refractivity contribution < 1.29 is 38.6 Å². The van der Waals surface area contributed by atoms with Crippen LogP contribution in [0.25, 0.3) is 0 Å². The topological polar surface area (TPSA) is 162 Å². The summed E-state index contributed by atoms with van der Waals surface area (Å²) in [5.74, 6) is -2.93. The zero-order valence-corrected chi connectivity index (χ0v) is 21.2. The van der Waals surface area contributed by atoms with E-state index in [1.54, 1.807) is 0 Å². The van der Waals surface area contributed by atoms with Gasteiger partial charge in [0.2, 0.25) is 11.8 Å². The molecule has 2 heterocycles. The van der Waals surface area contributed by atoms with E-state index in [1.807, 2.05) is 20.8 Å². The van der Waals surface area contributed by atoms with Crippen molar-refractivity contribution in [2.45, 2.75) is 64.5 Å². The Morgan fingerprint density at radius 3 is 2.57 bits per heavy atom. The van der Waals surface area contributed by atoms with Crippen molar-refractivity contribution in [3.63, 3.8) is 0 Å². The lowest BCUT2D eigenvalue weighted by atomic mass is 10.1. The molecular weight excluding hydrogens is 484 g/mol. The molecular formula is C25H32N4O8. The van der Waals surface area contributed by atoms with Gasteiger partial charge in [-0.3, -0.25) is 34.2 Å². The lowest BCUT2D eigenvalue weighted by molar-refractivity contribution is -0.131. The Morgan fingerprint density at radius 1 is 1.16 bits per heavy atom. The molecule has 0 aliphatic carbocycles. The maximum atomic E-state index is 13.1. The zero-order chi connectivity index (χ0) is 27.3. The fraction of sp³-hybridized carbons (Fsp3) is 0.520. The zero-order valence-electron chi connectivity index (χ0n) is 21.2. The monoisotopic (exact) mass is 516 g/mol. The molecule has 1 saturated heterocycles. The van der Waals surface area contributed by atoms with Crippen LogP contribution in [0.2, 0.25) is 0 Å². The predicted molar refractivity (Wildman–Crippen MR) is 130 cm³/mol. The van der Waals surface area contributed by atoms with Crippen LogP contribution < -0.4 is 15.4 Å². The molecule has 12 heteroatoms. The third kappa shape index (κ3) is 6.43. The molecule has 200 valence electrons. The molecule has 0 aromatic heterocycles. The van der Waals surface area contributed by atoms with Gasteiger partial charge >= 0.3 is 6.09 Å². The number of carbonyl (C=O) groups excluding carboxylic acids is 5. The van der Waals surface area contributed by atoms with Crippen LogP contribution >= 0.6 is 0 Å². The van der Waals surface area contributed by atoms with Gasteiger partial charge in [0.15, 0.2) is 6.61 Å². The van der Waals surface area contributed by atoms with E-state index >= 15 is 0 Å². The van der Waals surface area contributed by atoms with Crippen LogP contribution in [-0.2, 0) is 14.4 Å². The number of carbonyl (C=O) groups is 6. The molecule has 0 saturated carbocycles. The molecule has 3 N–H and O–H groups in total. The van der Waals surface area contributed by atoms with Gasteiger partial charge in [0, 0.05) is 25.0 Å². The third-order valence-corrected chi connectivity index (χ3v) is 6.20. The SMILES string of the molecule is CC(C)(C)N(CCCCNC(=O)COc1cccc2c1C(=O)N(C1CCCC(=O)NC1=O)C2=O)C(=O)O. The van der Waals surface area contributed by atoms with Crippen LogP contribution in [0.5, 0.6) is 5.75 Å². The predicted octanol–water partition coefficient (Wildman–Crippen LogP) is 1.53. The maximum Gasteiger partial charge on any atom is 0.407 e. The van der Waals surface area contributed by atoms with E-state index in [2.05, 4.69) is 10.6 Å². The number of ether oxygens (including phenoxy) is 1. The van der Waals surface area contributed by atoms with Crippen molar-refractivity contribution in [3.8, 4) is 5.75 Å². The van der Waals surface area contributed by atoms with Crippen LogP contribution in [0.1, 0.15) is 73.6 Å². The van der Waals surface area contributed by atoms with E-state index in [9.17, 15) is 33.9 Å². The highest BCUT2D eigenvalue weighted by Crippen LogP contribution is 2.33. The smallest absolute Gasteiger partial charge is 0.407 e. The van der Waals surface area contributed by atoms with E-state index in [0.717, 1.165) is 4.90 Å². The number of fused-ring (bicyclic) bond motifs is 1. The number of unbranched alkanes of at least 4 members (excludes halogenated alkanes) is 1. The molecule has 3 rings (SSSR count). The quantitative estimate of drug-likeness (QED) is 0.329. The van der Waals surface area contributed by atoms with E-state index in [-0.39, 0.29) is 29.7 Å². The van der Waals surface area contributed by atoms with Crippen LogP contribution in [0.3, 0.4) is 0 Å². The number of hydrogen-bond acceptors (Lipinski definition) is 7. The first-order valence-electron chi connectivity index (χ1n) is 12.2. The Morgan fingerprint density at radius 2 is 1.89 bits per heavy atom. The van der Waals surface area contributed by atoms with Crippen LogP contribution in [0, 0.1) is 0 Å². The molecule has 12 nitrogen and oxygen atoms in total. The van der Waals surface area contributed by atoms with E-state index < -0.39 is 53.8 Å². The second-order valence-corrected chi connectivity index (χ2v) is 9.93. The summed E-state index contributed by atoms with van der Waals surface area (Å²) in [6.45, 7) is 5.67. The molecule has 2 aliphatic heterocycles. The van der Waals surface area contributed by atoms with E-state index in [1.165, 1.54) is 23.1 Å². The number of nitrogens with zero attached hydrogens (tertiary/aromatic N) is 2. The normalized spacial score (nSPS) is 17.7. The number of amides is 6. The molecule has 1 aromatic rings. The lowest BCUT2D eigenvalue weighted by Crippen LogP contribution is -2.49. The van der Waals surface area contributed by atoms with Crippen molar-refractivity contribution >= 4 is 35.6 Å². The Kier molecular flexibility index (Phi) is 8.51. The van der Waals surface area contributed by atoms with Crippen molar-refractivity contribution in [2.75, 3.05) is 19.7 Å². The number of carboxylic acid groups (broad SMARTS) is 1. The number of imide groups is 2. The van der Waals surface area contributed by atoms with Crippen molar-refractivity contribution in [1.29, 1.82) is 0 Å². The Labute approximate surface area is 214 Å². The fourth-order valence-electron chi connectivity index (χ4n) is 4.33. The second kappa shape index (κ2) is 11.4. The average molecular weight is 517 g/mol. The number of nitrogens with one attached hydrogen (secondary N) is 2. The first kappa shape index (κ1) is 27.6. The van der Waals surface area contributed by atoms with Gasteiger partial charge < -0.3 is 20.1 Å². The van der Waals surface area contributed by atoms with Crippen molar-refractivity contribution in [3.05, 3.63) is 29.3 Å². The highest BCUT2D eigenvalue weighted by atomic mass is 16.5. The standard InChI is InChI=1S/C25H32N4O8/c1-25(2,3)28(24(35)36)13-5-4-12-26-19(31)14-37-17-10-6-8-15-20(17)23(34)29(22(15)33)16-9-7-11-18(30)27-21(16)32/h6,8,10,16H,4-5,7,9,11-14H2,1-3H3,(H,26,31)(H,35,36)(H,27,30,32). The molecule has 1 unspecified atom stereocenters. The highest BCUT2D eigenvalue weighted by molar-refractivity contribution is 6.24. The molecule has 1 atom stereocenters. The van der Waals surface area contributed by atoms with Gasteiger partial charge in [-0.05, 0) is 58.6 Å². The number of rotatable bonds is 9. The van der Waals surface area contributed by atoms with E-state index in [4.69, 9.17) is 4.74 Å². The van der Waals surface area contributed by atoms with Crippen molar-refractivity contribution in [1.82, 2.24) is 20.4 Å². The minimum atomic E-state index is -1.11. The number of hydrogen-bond donors (Lipinski definition) is 3. The summed E-state index contributed by atoms with van der Waals surface area (Å²) in [6.07, 6.45) is 0.763. The van der Waals surface area contributed by atoms with Crippen LogP contribution in [-0.4, -0.2) is 81.8 Å². The average Bonchev–Trinajstić information content (AvgIpc) is 2.94. The summed E-state index contributed by atoms with van der Waals surface area (Å²) in [5, 5.41) is 14.2. The first-order valence-corrected chi connectivity index (χ1v) is 12.2. The maximum absolute atomic E-state index is 13.1. The molecule has 37 heavy (non-hydrogen) atoms. The van der Waals surface area contributed by atoms with Crippen LogP contribution in [0.15, 0.2) is 18.2 Å². The molecule has 0 spiro atoms. The molecule has 0 radical (unpaired) electrons. The van der Waals surface area contributed by atoms with Gasteiger partial charge in [0.1, 0.15) is 11.8 Å². The van der Waals surface area contributed by atoms with E-state index in [0.29, 0.717) is 32.4 Å². The first-order chi connectivity index (χ1) is 17.4. The molecule has 0 bridgehead atoms. The van der Waals surface area contributed by atoms with Gasteiger partial charge in [-0.15, -0.1) is 0 Å². The number of benzene rings is 1. The molecule has 6 amide bonds. The summed E-state index contributed by atoms with van der Waals surface area (Å²) in [6, 6.07) is 3.32. The van der Waals surface area contributed by atoms with Gasteiger partial charge in [-0.2, -0.15) is 0 Å². The second-order valence-electron chi connectivity index (χ2n) is 9.93. The molecule has 1 aromatic carbocycles. The van der Waals surface area contributed by atoms with Crippen LogP contribution in [0.4, 0.5) is 4.79 Å². The minimum absolute atomic E-state index is 0.0281. The fourth-order valence-corrected chi connectivity index (χ4v) is 4.33. The van der Waals surface area contributed by atoms with Gasteiger partial charge in [-0.1, -0.05) is 6.07 Å². The Balaban J connectivity index is 1.55. The summed E-state index contributed by atoms with van der Waals surface area (Å²) in [4.78, 5) is 76.0. The third-order valence-electron chi connectivity index (χ3n) is 6.20. The highest BCUT2D eigenvalue weighted by Gasteiger charge is 2.45. The summed E-state index contributed by atoms with van der Waals surface area (Å²) < 4.78 is 5.55. The summed E-state index contributed by atoms with van der Waals surface area (Å²) in [5.41, 5.74) is -0.488. The molecule has 2 aliphatic rings. The Bertz CT molecular complexity index is 1110. The van der Waals surface area contributed by atoms with Gasteiger partial charge in [0.25, 0.3) is 17.7 Å². The lowest BCUT2D eigenvalue weighted by Gasteiger charge is -2.33. The Hall–Kier alpha value is -3.96. The summed E-state index contributed by atoms with van der Waals surface area (Å²) >= 11 is 0. The largest absolute Gasteiger partial charge is 0.483 e. The van der Waals surface area contributed by atoms with Gasteiger partial charge in [0.05, 0.1) is 11.1 Å². The van der Waals surface area contributed by atoms with Crippen molar-refractivity contribution in [2.24, 2.45) is 0 Å².